The van der Waals surface area contributed by atoms with E-state index in [9.17, 15) is 0 Å². The Kier molecular flexibility index (Phi) is 5.46. The lowest BCUT2D eigenvalue weighted by Crippen LogP contribution is -2.40. The minimum absolute atomic E-state index is 0.505. The molecule has 0 amide bonds. The van der Waals surface area contributed by atoms with Crippen LogP contribution in [0.3, 0.4) is 0 Å². The molecule has 2 rings (SSSR count). The maximum Gasteiger partial charge on any atom is 0.0586 e. The van der Waals surface area contributed by atoms with Gasteiger partial charge in [-0.1, -0.05) is 6.42 Å². The molecule has 2 aliphatic rings. The Bertz CT molecular complexity index is 194. The van der Waals surface area contributed by atoms with Crippen LogP contribution in [0, 0.1) is 0 Å². The average molecular weight is 243 g/mol. The van der Waals surface area contributed by atoms with E-state index in [1.807, 2.05) is 7.11 Å². The van der Waals surface area contributed by atoms with E-state index >= 15 is 0 Å². The van der Waals surface area contributed by atoms with Crippen LogP contribution in [0.25, 0.3) is 0 Å². The largest absolute Gasteiger partial charge is 0.381 e. The standard InChI is InChI=1S/C13H25NOS/c1-15-12-6-4-5-11(9-12)14-10-13-7-2-3-8-16-13/h11-14H,2-10H2,1H3. The third-order valence-corrected chi connectivity index (χ3v) is 5.27. The first kappa shape index (κ1) is 12.7. The summed E-state index contributed by atoms with van der Waals surface area (Å²) in [5.74, 6) is 1.37. The molecule has 2 nitrogen and oxygen atoms in total. The fourth-order valence-corrected chi connectivity index (χ4v) is 4.06. The molecule has 94 valence electrons. The van der Waals surface area contributed by atoms with Crippen LogP contribution in [0.2, 0.25) is 0 Å². The van der Waals surface area contributed by atoms with Gasteiger partial charge in [-0.05, 0) is 44.3 Å². The highest BCUT2D eigenvalue weighted by atomic mass is 32.2. The summed E-state index contributed by atoms with van der Waals surface area (Å²) in [7, 11) is 1.85. The van der Waals surface area contributed by atoms with Crippen molar-refractivity contribution in [3.63, 3.8) is 0 Å². The normalized spacial score (nSPS) is 36.2. The van der Waals surface area contributed by atoms with Gasteiger partial charge < -0.3 is 10.1 Å². The molecule has 16 heavy (non-hydrogen) atoms. The Morgan fingerprint density at radius 3 is 2.88 bits per heavy atom. The van der Waals surface area contributed by atoms with E-state index in [1.54, 1.807) is 0 Å². The van der Waals surface area contributed by atoms with E-state index in [1.165, 1.54) is 57.2 Å². The third-order valence-electron chi connectivity index (χ3n) is 3.87. The van der Waals surface area contributed by atoms with E-state index < -0.39 is 0 Å². The Balaban J connectivity index is 1.64. The van der Waals surface area contributed by atoms with Gasteiger partial charge in [0.15, 0.2) is 0 Å². The van der Waals surface area contributed by atoms with Crippen LogP contribution < -0.4 is 5.32 Å². The smallest absolute Gasteiger partial charge is 0.0586 e. The van der Waals surface area contributed by atoms with Gasteiger partial charge in [0.2, 0.25) is 0 Å². The second-order valence-electron chi connectivity index (χ2n) is 5.12. The first-order valence-corrected chi connectivity index (χ1v) is 7.81. The minimum Gasteiger partial charge on any atom is -0.381 e. The number of thioether (sulfide) groups is 1. The number of hydrogen-bond donors (Lipinski definition) is 1. The predicted octanol–water partition coefficient (Wildman–Crippen LogP) is 2.82. The predicted molar refractivity (Wildman–Crippen MR) is 71.2 cm³/mol. The molecule has 0 aromatic carbocycles. The Morgan fingerprint density at radius 2 is 2.12 bits per heavy atom. The molecule has 1 saturated carbocycles. The summed E-state index contributed by atoms with van der Waals surface area (Å²) in [6, 6.07) is 0.709. The monoisotopic (exact) mass is 243 g/mol. The van der Waals surface area contributed by atoms with Crippen molar-refractivity contribution in [3.05, 3.63) is 0 Å². The van der Waals surface area contributed by atoms with Crippen molar-refractivity contribution in [2.75, 3.05) is 19.4 Å². The molecule has 1 aliphatic carbocycles. The molecule has 2 fully saturated rings. The van der Waals surface area contributed by atoms with Crippen LogP contribution >= 0.6 is 11.8 Å². The molecule has 3 unspecified atom stereocenters. The van der Waals surface area contributed by atoms with Gasteiger partial charge in [-0.15, -0.1) is 0 Å². The first-order valence-electron chi connectivity index (χ1n) is 6.76. The van der Waals surface area contributed by atoms with Crippen LogP contribution in [0.5, 0.6) is 0 Å². The zero-order valence-corrected chi connectivity index (χ0v) is 11.2. The van der Waals surface area contributed by atoms with E-state index in [4.69, 9.17) is 4.74 Å². The van der Waals surface area contributed by atoms with Gasteiger partial charge >= 0.3 is 0 Å². The van der Waals surface area contributed by atoms with Crippen molar-refractivity contribution in [3.8, 4) is 0 Å². The molecule has 3 heteroatoms. The Morgan fingerprint density at radius 1 is 1.19 bits per heavy atom. The summed E-state index contributed by atoms with van der Waals surface area (Å²) in [6.45, 7) is 1.21. The van der Waals surface area contributed by atoms with Crippen molar-refractivity contribution >= 4 is 11.8 Å². The SMILES string of the molecule is COC1CCCC(NCC2CCCCS2)C1. The van der Waals surface area contributed by atoms with Crippen LogP contribution in [-0.2, 0) is 4.74 Å². The van der Waals surface area contributed by atoms with Crippen molar-refractivity contribution < 1.29 is 4.74 Å². The molecule has 0 aromatic rings. The highest BCUT2D eigenvalue weighted by molar-refractivity contribution is 7.99. The lowest BCUT2D eigenvalue weighted by molar-refractivity contribution is 0.0589. The summed E-state index contributed by atoms with van der Waals surface area (Å²) >= 11 is 2.16. The summed E-state index contributed by atoms with van der Waals surface area (Å²) in [4.78, 5) is 0. The van der Waals surface area contributed by atoms with Crippen LogP contribution in [-0.4, -0.2) is 36.8 Å². The van der Waals surface area contributed by atoms with Crippen molar-refractivity contribution in [1.82, 2.24) is 5.32 Å². The molecule has 1 heterocycles. The molecule has 1 N–H and O–H groups in total. The molecule has 3 atom stereocenters. The fraction of sp³-hybridized carbons (Fsp3) is 1.00. The van der Waals surface area contributed by atoms with Crippen LogP contribution in [0.4, 0.5) is 0 Å². The van der Waals surface area contributed by atoms with Crippen LogP contribution in [0.15, 0.2) is 0 Å². The van der Waals surface area contributed by atoms with Gasteiger partial charge in [0.05, 0.1) is 6.10 Å². The molecule has 1 saturated heterocycles. The molecule has 0 spiro atoms. The highest BCUT2D eigenvalue weighted by Crippen LogP contribution is 2.25. The van der Waals surface area contributed by atoms with Crippen molar-refractivity contribution in [1.29, 1.82) is 0 Å². The maximum atomic E-state index is 5.47. The molecule has 1 aliphatic heterocycles. The molecule has 0 bridgehead atoms. The summed E-state index contributed by atoms with van der Waals surface area (Å²) in [5.41, 5.74) is 0. The van der Waals surface area contributed by atoms with Crippen molar-refractivity contribution in [2.24, 2.45) is 0 Å². The van der Waals surface area contributed by atoms with Gasteiger partial charge in [0.1, 0.15) is 0 Å². The minimum atomic E-state index is 0.505. The molecule has 0 radical (unpaired) electrons. The van der Waals surface area contributed by atoms with Crippen LogP contribution in [0.1, 0.15) is 44.9 Å². The van der Waals surface area contributed by atoms with Gasteiger partial charge in [0, 0.05) is 24.9 Å². The number of rotatable bonds is 4. The van der Waals surface area contributed by atoms with Gasteiger partial charge in [-0.2, -0.15) is 11.8 Å². The first-order chi connectivity index (χ1) is 7.88. The summed E-state index contributed by atoms with van der Waals surface area (Å²) in [5, 5.41) is 4.63. The third kappa shape index (κ3) is 3.94. The molecular formula is C13H25NOS. The fourth-order valence-electron chi connectivity index (χ4n) is 2.81. The van der Waals surface area contributed by atoms with E-state index in [-0.39, 0.29) is 0 Å². The number of methoxy groups -OCH3 is 1. The zero-order chi connectivity index (χ0) is 11.2. The lowest BCUT2D eigenvalue weighted by Gasteiger charge is -2.31. The quantitative estimate of drug-likeness (QED) is 0.820. The van der Waals surface area contributed by atoms with Gasteiger partial charge in [-0.25, -0.2) is 0 Å². The average Bonchev–Trinajstić information content (AvgIpc) is 2.38. The van der Waals surface area contributed by atoms with E-state index in [0.717, 1.165) is 5.25 Å². The highest BCUT2D eigenvalue weighted by Gasteiger charge is 2.22. The maximum absolute atomic E-state index is 5.47. The number of hydrogen-bond acceptors (Lipinski definition) is 3. The second-order valence-corrected chi connectivity index (χ2v) is 6.53. The second kappa shape index (κ2) is 6.87. The number of ether oxygens (including phenoxy) is 1. The van der Waals surface area contributed by atoms with Gasteiger partial charge in [0.25, 0.3) is 0 Å². The molecular weight excluding hydrogens is 218 g/mol. The lowest BCUT2D eigenvalue weighted by atomic mass is 9.93. The Labute approximate surface area is 104 Å². The van der Waals surface area contributed by atoms with E-state index in [0.29, 0.717) is 12.1 Å². The molecule has 0 aromatic heterocycles. The van der Waals surface area contributed by atoms with Crippen molar-refractivity contribution in [2.45, 2.75) is 62.3 Å². The number of nitrogens with one attached hydrogen (secondary N) is 1. The topological polar surface area (TPSA) is 21.3 Å². The Hall–Kier alpha value is 0.270. The summed E-state index contributed by atoms with van der Waals surface area (Å²) in [6.07, 6.45) is 9.93. The summed E-state index contributed by atoms with van der Waals surface area (Å²) < 4.78 is 5.47. The zero-order valence-electron chi connectivity index (χ0n) is 10.4. The van der Waals surface area contributed by atoms with Gasteiger partial charge in [-0.3, -0.25) is 0 Å². The van der Waals surface area contributed by atoms with E-state index in [2.05, 4.69) is 17.1 Å².